The number of rotatable bonds is 5. The van der Waals surface area contributed by atoms with E-state index < -0.39 is 10.0 Å². The van der Waals surface area contributed by atoms with Gasteiger partial charge < -0.3 is 4.74 Å². The van der Waals surface area contributed by atoms with Crippen molar-refractivity contribution in [1.82, 2.24) is 4.31 Å². The fraction of sp³-hybridized carbons (Fsp3) is 0.455. The highest BCUT2D eigenvalue weighted by Gasteiger charge is 2.29. The second kappa shape index (κ2) is 7.28. The standard InChI is InChI=1S/C22H29NO3S/c1-16(2)18-8-6-17(7-9-18)15-23(5)27(24,25)20-10-11-21-19(14-20)12-13-22(3,4)26-21/h6-11,14,16H,12-13,15H2,1-5H3. The van der Waals surface area contributed by atoms with Crippen LogP contribution < -0.4 is 4.74 Å². The van der Waals surface area contributed by atoms with Crippen LogP contribution in [0.4, 0.5) is 0 Å². The minimum Gasteiger partial charge on any atom is -0.488 e. The molecule has 0 amide bonds. The van der Waals surface area contributed by atoms with Gasteiger partial charge in [0.1, 0.15) is 11.4 Å². The molecule has 2 aromatic carbocycles. The average Bonchev–Trinajstić information content (AvgIpc) is 2.60. The smallest absolute Gasteiger partial charge is 0.243 e. The topological polar surface area (TPSA) is 46.6 Å². The summed E-state index contributed by atoms with van der Waals surface area (Å²) >= 11 is 0. The normalized spacial score (nSPS) is 16.3. The highest BCUT2D eigenvalue weighted by atomic mass is 32.2. The van der Waals surface area contributed by atoms with Crippen LogP contribution >= 0.6 is 0 Å². The zero-order valence-corrected chi connectivity index (χ0v) is 17.6. The van der Waals surface area contributed by atoms with Gasteiger partial charge in [-0.15, -0.1) is 0 Å². The van der Waals surface area contributed by atoms with Crippen LogP contribution in [-0.2, 0) is 23.0 Å². The molecule has 5 heteroatoms. The number of benzene rings is 2. The van der Waals surface area contributed by atoms with Gasteiger partial charge in [-0.05, 0) is 67.5 Å². The van der Waals surface area contributed by atoms with Gasteiger partial charge in [0, 0.05) is 13.6 Å². The lowest BCUT2D eigenvalue weighted by atomic mass is 9.94. The Morgan fingerprint density at radius 1 is 1.11 bits per heavy atom. The van der Waals surface area contributed by atoms with E-state index in [4.69, 9.17) is 4.74 Å². The molecule has 0 aromatic heterocycles. The third-order valence-electron chi connectivity index (χ3n) is 5.17. The summed E-state index contributed by atoms with van der Waals surface area (Å²) in [6.07, 6.45) is 1.70. The zero-order valence-electron chi connectivity index (χ0n) is 16.8. The van der Waals surface area contributed by atoms with E-state index in [0.717, 1.165) is 29.7 Å². The average molecular weight is 388 g/mol. The Hall–Kier alpha value is -1.85. The minimum atomic E-state index is -3.55. The number of hydrogen-bond acceptors (Lipinski definition) is 3. The molecule has 2 aromatic rings. The maximum atomic E-state index is 13.0. The SMILES string of the molecule is CC(C)c1ccc(CN(C)S(=O)(=O)c2ccc3c(c2)CCC(C)(C)O3)cc1. The van der Waals surface area contributed by atoms with Crippen molar-refractivity contribution in [2.75, 3.05) is 7.05 Å². The van der Waals surface area contributed by atoms with Gasteiger partial charge in [-0.25, -0.2) is 8.42 Å². The first-order valence-electron chi connectivity index (χ1n) is 9.46. The van der Waals surface area contributed by atoms with Crippen molar-refractivity contribution in [2.24, 2.45) is 0 Å². The van der Waals surface area contributed by atoms with Gasteiger partial charge in [-0.3, -0.25) is 0 Å². The quantitative estimate of drug-likeness (QED) is 0.745. The molecule has 27 heavy (non-hydrogen) atoms. The molecule has 3 rings (SSSR count). The maximum absolute atomic E-state index is 13.0. The number of aryl methyl sites for hydroxylation is 1. The Kier molecular flexibility index (Phi) is 5.37. The van der Waals surface area contributed by atoms with Crippen molar-refractivity contribution in [2.45, 2.75) is 63.5 Å². The molecule has 0 bridgehead atoms. The molecule has 1 heterocycles. The second-order valence-electron chi connectivity index (χ2n) is 8.29. The van der Waals surface area contributed by atoms with Gasteiger partial charge in [0.2, 0.25) is 10.0 Å². The van der Waals surface area contributed by atoms with Gasteiger partial charge in [-0.1, -0.05) is 38.1 Å². The fourth-order valence-corrected chi connectivity index (χ4v) is 4.54. The number of hydrogen-bond donors (Lipinski definition) is 0. The van der Waals surface area contributed by atoms with Gasteiger partial charge in [0.15, 0.2) is 0 Å². The second-order valence-corrected chi connectivity index (χ2v) is 10.3. The third-order valence-corrected chi connectivity index (χ3v) is 6.97. The van der Waals surface area contributed by atoms with Crippen LogP contribution in [0.1, 0.15) is 56.7 Å². The van der Waals surface area contributed by atoms with E-state index in [1.165, 1.54) is 9.87 Å². The van der Waals surface area contributed by atoms with Crippen LogP contribution in [-0.4, -0.2) is 25.4 Å². The molecule has 146 valence electrons. The summed E-state index contributed by atoms with van der Waals surface area (Å²) in [6, 6.07) is 13.3. The van der Waals surface area contributed by atoms with E-state index >= 15 is 0 Å². The van der Waals surface area contributed by atoms with Crippen molar-refractivity contribution in [1.29, 1.82) is 0 Å². The molecule has 0 atom stereocenters. The van der Waals surface area contributed by atoms with Gasteiger partial charge in [0.25, 0.3) is 0 Å². The molecule has 0 spiro atoms. The minimum absolute atomic E-state index is 0.202. The predicted octanol–water partition coefficient (Wildman–Crippen LogP) is 4.73. The Labute approximate surface area is 163 Å². The molecule has 0 aliphatic carbocycles. The molecule has 0 unspecified atom stereocenters. The Balaban J connectivity index is 1.79. The van der Waals surface area contributed by atoms with Gasteiger partial charge in [-0.2, -0.15) is 4.31 Å². The maximum Gasteiger partial charge on any atom is 0.243 e. The van der Waals surface area contributed by atoms with Crippen LogP contribution in [0.25, 0.3) is 0 Å². The lowest BCUT2D eigenvalue weighted by Gasteiger charge is -2.32. The van der Waals surface area contributed by atoms with Crippen molar-refractivity contribution in [3.63, 3.8) is 0 Å². The number of ether oxygens (including phenoxy) is 1. The number of sulfonamides is 1. The Morgan fingerprint density at radius 2 is 1.78 bits per heavy atom. The van der Waals surface area contributed by atoms with Crippen LogP contribution in [0.3, 0.4) is 0 Å². The third kappa shape index (κ3) is 4.36. The molecule has 0 saturated heterocycles. The van der Waals surface area contributed by atoms with Crippen LogP contribution in [0.15, 0.2) is 47.4 Å². The lowest BCUT2D eigenvalue weighted by Crippen LogP contribution is -2.33. The molecule has 4 nitrogen and oxygen atoms in total. The van der Waals surface area contributed by atoms with Crippen molar-refractivity contribution in [3.05, 3.63) is 59.2 Å². The monoisotopic (exact) mass is 387 g/mol. The summed E-state index contributed by atoms with van der Waals surface area (Å²) in [4.78, 5) is 0.325. The highest BCUT2D eigenvalue weighted by molar-refractivity contribution is 7.89. The van der Waals surface area contributed by atoms with Crippen LogP contribution in [0.2, 0.25) is 0 Å². The first-order valence-corrected chi connectivity index (χ1v) is 10.9. The molecular formula is C22H29NO3S. The molecule has 0 saturated carbocycles. The fourth-order valence-electron chi connectivity index (χ4n) is 3.33. The lowest BCUT2D eigenvalue weighted by molar-refractivity contribution is 0.0845. The number of nitrogens with zero attached hydrogens (tertiary/aromatic N) is 1. The summed E-state index contributed by atoms with van der Waals surface area (Å²) < 4.78 is 33.4. The molecule has 1 aliphatic rings. The zero-order chi connectivity index (χ0) is 19.8. The molecule has 0 fully saturated rings. The predicted molar refractivity (Wildman–Crippen MR) is 109 cm³/mol. The summed E-state index contributed by atoms with van der Waals surface area (Å²) in [5.74, 6) is 1.25. The van der Waals surface area contributed by atoms with Crippen LogP contribution in [0.5, 0.6) is 5.75 Å². The summed E-state index contributed by atoms with van der Waals surface area (Å²) in [5, 5.41) is 0. The van der Waals surface area contributed by atoms with Crippen molar-refractivity contribution < 1.29 is 13.2 Å². The van der Waals surface area contributed by atoms with E-state index in [0.29, 0.717) is 17.4 Å². The first-order chi connectivity index (χ1) is 12.6. The summed E-state index contributed by atoms with van der Waals surface area (Å²) in [6.45, 7) is 8.75. The van der Waals surface area contributed by atoms with E-state index in [1.807, 2.05) is 12.1 Å². The number of fused-ring (bicyclic) bond motifs is 1. The molecule has 0 radical (unpaired) electrons. The largest absolute Gasteiger partial charge is 0.488 e. The van der Waals surface area contributed by atoms with Gasteiger partial charge >= 0.3 is 0 Å². The van der Waals surface area contributed by atoms with E-state index in [2.05, 4.69) is 39.8 Å². The highest BCUT2D eigenvalue weighted by Crippen LogP contribution is 2.34. The van der Waals surface area contributed by atoms with E-state index in [9.17, 15) is 8.42 Å². The van der Waals surface area contributed by atoms with Crippen molar-refractivity contribution >= 4 is 10.0 Å². The summed E-state index contributed by atoms with van der Waals surface area (Å²) in [7, 11) is -1.92. The van der Waals surface area contributed by atoms with Crippen molar-refractivity contribution in [3.8, 4) is 5.75 Å². The van der Waals surface area contributed by atoms with E-state index in [1.54, 1.807) is 25.2 Å². The Bertz CT molecular complexity index is 915. The molecular weight excluding hydrogens is 358 g/mol. The van der Waals surface area contributed by atoms with Gasteiger partial charge in [0.05, 0.1) is 4.90 Å². The first kappa shape index (κ1) is 19.9. The Morgan fingerprint density at radius 3 is 2.41 bits per heavy atom. The molecule has 0 N–H and O–H groups in total. The van der Waals surface area contributed by atoms with Crippen LogP contribution in [0, 0.1) is 0 Å². The van der Waals surface area contributed by atoms with E-state index in [-0.39, 0.29) is 5.60 Å². The molecule has 1 aliphatic heterocycles. The summed E-state index contributed by atoms with van der Waals surface area (Å²) in [5.41, 5.74) is 2.99.